The predicted molar refractivity (Wildman–Crippen MR) is 543 cm³/mol. The van der Waals surface area contributed by atoms with Gasteiger partial charge in [0, 0.05) is 102 Å². The average Bonchev–Trinajstić information content (AvgIpc) is 1.56. The molecular weight excluding hydrogens is 1970 g/mol. The average molecular weight is 2060 g/mol. The molecule has 6 aliphatic rings. The third-order valence-corrected chi connectivity index (χ3v) is 30.6. The third-order valence-electron chi connectivity index (χ3n) is 30.6. The summed E-state index contributed by atoms with van der Waals surface area (Å²) in [7, 11) is 0. The van der Waals surface area contributed by atoms with Crippen molar-refractivity contribution in [3.63, 3.8) is 0 Å². The minimum atomic E-state index is 0. The van der Waals surface area contributed by atoms with Crippen LogP contribution in [0.3, 0.4) is 0 Å². The molecule has 0 N–H and O–H groups in total. The number of hydrogen-bond acceptors (Lipinski definition) is 2. The van der Waals surface area contributed by atoms with Gasteiger partial charge in [0.2, 0.25) is 0 Å². The molecule has 27 rings (SSSR count). The van der Waals surface area contributed by atoms with Gasteiger partial charge in [-0.15, -0.1) is 71.3 Å². The molecule has 2 radical (unpaired) electrons. The van der Waals surface area contributed by atoms with Crippen molar-refractivity contribution < 1.29 is 40.2 Å². The fraction of sp³-hybridized carbons (Fsp3) is 0.118. The molecule has 0 saturated heterocycles. The quantitative estimate of drug-likeness (QED) is 0.114. The van der Waals surface area contributed by atoms with Gasteiger partial charge in [0.1, 0.15) is 0 Å². The van der Waals surface area contributed by atoms with Crippen LogP contribution in [0.2, 0.25) is 0 Å². The maximum atomic E-state index is 4.63. The van der Waals surface area contributed by atoms with Crippen LogP contribution >= 0.6 is 0 Å². The number of hydrogen-bond donors (Lipinski definition) is 0. The van der Waals surface area contributed by atoms with Crippen LogP contribution in [0.4, 0.5) is 0 Å². The van der Waals surface area contributed by atoms with Gasteiger partial charge >= 0.3 is 0 Å². The molecule has 21 aromatic rings. The minimum Gasteiger partial charge on any atom is -0.309 e. The maximum Gasteiger partial charge on any atom is 0.0541 e. The van der Waals surface area contributed by atoms with Crippen LogP contribution in [0.1, 0.15) is 110 Å². The molecule has 6 aliphatic carbocycles. The van der Waals surface area contributed by atoms with Gasteiger partial charge in [0.05, 0.1) is 22.1 Å². The van der Waals surface area contributed by atoms with Crippen molar-refractivity contribution in [2.75, 3.05) is 0 Å². The summed E-state index contributed by atoms with van der Waals surface area (Å²) in [4.78, 5) is 9.21. The van der Waals surface area contributed by atoms with E-state index in [-0.39, 0.29) is 56.5 Å². The Balaban J connectivity index is 0.000000146. The molecule has 6 heteroatoms. The zero-order valence-corrected chi connectivity index (χ0v) is 78.5. The van der Waals surface area contributed by atoms with Crippen LogP contribution in [-0.4, -0.2) is 19.1 Å². The Morgan fingerprint density at radius 3 is 0.962 bits per heavy atom. The first-order valence-corrected chi connectivity index (χ1v) is 47.1. The van der Waals surface area contributed by atoms with Gasteiger partial charge in [0.15, 0.2) is 0 Å². The fourth-order valence-corrected chi connectivity index (χ4v) is 24.4. The largest absolute Gasteiger partial charge is 0.309 e. The Morgan fingerprint density at radius 2 is 0.526 bits per heavy atom. The van der Waals surface area contributed by atoms with Gasteiger partial charge in [-0.3, -0.25) is 0 Å². The van der Waals surface area contributed by atoms with Crippen molar-refractivity contribution in [3.8, 4) is 156 Å². The number of pyridine rings is 2. The van der Waals surface area contributed by atoms with Gasteiger partial charge in [-0.05, 0) is 309 Å². The molecular formula is C127H92Ir2N4-2. The summed E-state index contributed by atoms with van der Waals surface area (Å²) in [5.74, 6) is 0. The molecule has 0 bridgehead atoms. The third kappa shape index (κ3) is 13.6. The Labute approximate surface area is 804 Å². The number of fused-ring (bicyclic) bond motifs is 21. The minimum absolute atomic E-state index is 0. The Kier molecular flexibility index (Phi) is 20.6. The van der Waals surface area contributed by atoms with E-state index in [1.807, 2.05) is 54.9 Å². The van der Waals surface area contributed by atoms with E-state index in [2.05, 4.69) is 389 Å². The van der Waals surface area contributed by atoms with Crippen LogP contribution in [0.25, 0.3) is 200 Å². The summed E-state index contributed by atoms with van der Waals surface area (Å²) in [6.07, 6.45) is 18.9. The van der Waals surface area contributed by atoms with Crippen molar-refractivity contribution in [2.24, 2.45) is 0 Å². The van der Waals surface area contributed by atoms with Gasteiger partial charge < -0.3 is 19.1 Å². The predicted octanol–water partition coefficient (Wildman–Crippen LogP) is 33.1. The SMILES string of the molecule is [Ir].[Ir].[c-]1ccc(-c2cccc(-c3ccc(-n4c5ccc(-c6ccc7c(c6)C6(CCCC6)c6ccccc6-7)cc5c5cc(-c6ccc7c(c6)C6(CCCC6)c6ccccc6-7)ccc54)cc3)c2)cc1-c1ccccn1.[c-]1ccccc1-c1cc(-c2ccc(-c3ccc4c(c3)c3cc(-c5ccc6c(c5)C5(CCCC5)c5ccccc5-6)ccc3n4-c3ccc(-c4ccccc4)cc3)cc2)ccn1. The normalized spacial score (nSPS) is 14.6. The first-order chi connectivity index (χ1) is 64.8. The first kappa shape index (κ1) is 82.1. The van der Waals surface area contributed by atoms with Crippen LogP contribution < -0.4 is 0 Å². The summed E-state index contributed by atoms with van der Waals surface area (Å²) >= 11 is 0. The van der Waals surface area contributed by atoms with E-state index in [1.165, 1.54) is 260 Å². The Morgan fingerprint density at radius 1 is 0.203 bits per heavy atom. The molecule has 4 aromatic heterocycles. The Hall–Kier alpha value is -14.1. The fourth-order valence-electron chi connectivity index (χ4n) is 24.4. The molecule has 0 amide bonds. The number of nitrogens with zero attached hydrogens (tertiary/aromatic N) is 4. The van der Waals surface area contributed by atoms with E-state index in [1.54, 1.807) is 0 Å². The second-order valence-corrected chi connectivity index (χ2v) is 37.4. The van der Waals surface area contributed by atoms with E-state index in [0.717, 1.165) is 50.6 Å². The zero-order chi connectivity index (χ0) is 86.3. The van der Waals surface area contributed by atoms with Crippen LogP contribution in [0.5, 0.6) is 0 Å². The van der Waals surface area contributed by atoms with Crippen LogP contribution in [0, 0.1) is 12.1 Å². The summed E-state index contributed by atoms with van der Waals surface area (Å²) in [6.45, 7) is 0. The molecule has 0 atom stereocenters. The summed E-state index contributed by atoms with van der Waals surface area (Å²) in [5, 5.41) is 5.07. The zero-order valence-electron chi connectivity index (χ0n) is 73.7. The maximum absolute atomic E-state index is 4.63. The molecule has 0 unspecified atom stereocenters. The summed E-state index contributed by atoms with van der Waals surface area (Å²) < 4.78 is 4.92. The smallest absolute Gasteiger partial charge is 0.0541 e. The van der Waals surface area contributed by atoms with Crippen molar-refractivity contribution in [1.82, 2.24) is 19.1 Å². The Bertz CT molecular complexity index is 7950. The molecule has 0 aliphatic heterocycles. The van der Waals surface area contributed by atoms with E-state index in [4.69, 9.17) is 0 Å². The van der Waals surface area contributed by atoms with Gasteiger partial charge in [-0.1, -0.05) is 287 Å². The molecule has 3 spiro atoms. The molecule has 3 fully saturated rings. The standard InChI is InChI=1S/C69H51N2.C58H41N2.2Ir/c1-3-19-61-55(17-1)57-30-24-51(43-63(57)68(61)34-6-7-35-68)49-26-32-66-59(41-49)60-42-50(52-25-31-58-56-18-2-4-20-62(56)69(64(58)44-52)36-8-9-37-69)27-33-67(60)71(66)54-28-22-45(23-29-54)46-13-11-14-47(39-46)48-15-12-16-53(40-48)65-21-5-10-38-70-65;1-3-11-39(12-4-1)40-21-26-48(27-22-40)60-56-29-24-44(41-17-19-42(20-18-41)47-31-34-59-55(38-47)43-13-5-2-6-14-43)35-51(56)52-36-45(25-30-57(52)60)46-23-28-50-49-15-7-8-16-53(49)58(54(50)37-46)32-9-10-33-58;;/h1-5,10-15,17-33,38-44H,6-9,34-37H2;1-8,11-13,15-31,34-38H,9-10,32-33H2;;/q2*-1;;. The van der Waals surface area contributed by atoms with Crippen molar-refractivity contribution in [3.05, 3.63) is 458 Å². The van der Waals surface area contributed by atoms with Crippen molar-refractivity contribution >= 4 is 43.6 Å². The second-order valence-electron chi connectivity index (χ2n) is 37.4. The molecule has 4 heterocycles. The molecule has 640 valence electrons. The van der Waals surface area contributed by atoms with E-state index in [9.17, 15) is 0 Å². The monoisotopic (exact) mass is 2060 g/mol. The van der Waals surface area contributed by atoms with Crippen molar-refractivity contribution in [1.29, 1.82) is 0 Å². The molecule has 4 nitrogen and oxygen atoms in total. The van der Waals surface area contributed by atoms with E-state index in [0.29, 0.717) is 0 Å². The topological polar surface area (TPSA) is 35.6 Å². The van der Waals surface area contributed by atoms with E-state index >= 15 is 0 Å². The van der Waals surface area contributed by atoms with Gasteiger partial charge in [0.25, 0.3) is 0 Å². The number of rotatable bonds is 12. The van der Waals surface area contributed by atoms with Crippen molar-refractivity contribution in [2.45, 2.75) is 93.3 Å². The molecule has 17 aromatic carbocycles. The number of benzene rings is 17. The molecule has 3 saturated carbocycles. The molecule has 133 heavy (non-hydrogen) atoms. The van der Waals surface area contributed by atoms with Gasteiger partial charge in [-0.25, -0.2) is 0 Å². The van der Waals surface area contributed by atoms with Gasteiger partial charge in [-0.2, -0.15) is 0 Å². The second kappa shape index (κ2) is 33.3. The van der Waals surface area contributed by atoms with Crippen LogP contribution in [-0.2, 0) is 56.5 Å². The first-order valence-electron chi connectivity index (χ1n) is 47.1. The van der Waals surface area contributed by atoms with E-state index < -0.39 is 0 Å². The number of aromatic nitrogens is 4. The van der Waals surface area contributed by atoms with Crippen LogP contribution in [0.15, 0.2) is 413 Å². The summed E-state index contributed by atoms with van der Waals surface area (Å²) in [6, 6.07) is 156. The summed E-state index contributed by atoms with van der Waals surface area (Å²) in [5.41, 5.74) is 48.6.